The molecule has 1 aromatic carbocycles. The molecule has 0 radical (unpaired) electrons. The fraction of sp³-hybridized carbons (Fsp3) is 0.200. The molecule has 1 aromatic heterocycles. The number of hydrogen-bond acceptors (Lipinski definition) is 4. The number of nitrogens with zero attached hydrogens (tertiary/aromatic N) is 1. The molecular weight excluding hydrogens is 292 g/mol. The van der Waals surface area contributed by atoms with Crippen LogP contribution in [-0.2, 0) is 11.2 Å². The Morgan fingerprint density at radius 1 is 1.25 bits per heavy atom. The maximum Gasteiger partial charge on any atom is 0.135 e. The monoisotopic (exact) mass is 306 g/mol. The number of carbonyl (C=O) groups is 1. The first kappa shape index (κ1) is 14.9. The lowest BCUT2D eigenvalue weighted by molar-refractivity contribution is -0.0979. The van der Waals surface area contributed by atoms with Gasteiger partial charge in [0.15, 0.2) is 0 Å². The van der Waals surface area contributed by atoms with Crippen molar-refractivity contribution in [1.82, 2.24) is 4.98 Å². The molecule has 0 unspecified atom stereocenters. The van der Waals surface area contributed by atoms with Crippen LogP contribution in [0.4, 0.5) is 11.5 Å². The van der Waals surface area contributed by atoms with Gasteiger partial charge in [0.05, 0.1) is 5.69 Å². The number of halogens is 1. The Labute approximate surface area is 127 Å². The zero-order chi connectivity index (χ0) is 14.7. The molecule has 2 aromatic rings. The van der Waals surface area contributed by atoms with Crippen LogP contribution in [0.15, 0.2) is 29.2 Å². The Hall–Kier alpha value is -1.52. The molecule has 0 fully saturated rings. The number of anilines is 2. The van der Waals surface area contributed by atoms with Gasteiger partial charge in [0.2, 0.25) is 0 Å². The van der Waals surface area contributed by atoms with E-state index in [9.17, 15) is 0 Å². The number of nitrogens with one attached hydrogen (secondary N) is 1. The number of thioether (sulfide) groups is 1. The molecule has 0 bridgehead atoms. The zero-order valence-corrected chi connectivity index (χ0v) is 12.9. The molecule has 3 rings (SSSR count). The number of rotatable bonds is 1. The Balaban J connectivity index is 0.000000704. The molecule has 20 heavy (non-hydrogen) atoms. The van der Waals surface area contributed by atoms with Crippen LogP contribution >= 0.6 is 23.4 Å². The summed E-state index contributed by atoms with van der Waals surface area (Å²) in [6, 6.07) is 8.26. The molecule has 0 amide bonds. The fourth-order valence-electron chi connectivity index (χ4n) is 2.31. The average molecular weight is 307 g/mol. The predicted molar refractivity (Wildman–Crippen MR) is 85.4 cm³/mol. The number of aromatic nitrogens is 1. The summed E-state index contributed by atoms with van der Waals surface area (Å²) in [6.07, 6.45) is 3.01. The van der Waals surface area contributed by atoms with E-state index in [0.29, 0.717) is 5.15 Å². The van der Waals surface area contributed by atoms with Gasteiger partial charge in [0, 0.05) is 11.3 Å². The summed E-state index contributed by atoms with van der Waals surface area (Å²) in [6.45, 7) is 4.13. The maximum absolute atomic E-state index is 8.00. The normalized spacial score (nSPS) is 11.6. The van der Waals surface area contributed by atoms with Gasteiger partial charge >= 0.3 is 0 Å². The highest BCUT2D eigenvalue weighted by Crippen LogP contribution is 2.39. The Morgan fingerprint density at radius 2 is 1.95 bits per heavy atom. The van der Waals surface area contributed by atoms with Crippen LogP contribution in [0.3, 0.4) is 0 Å². The van der Waals surface area contributed by atoms with E-state index in [1.54, 1.807) is 11.8 Å². The molecule has 2 heterocycles. The van der Waals surface area contributed by atoms with E-state index in [4.69, 9.17) is 16.4 Å². The molecule has 0 aliphatic carbocycles. The first-order valence-corrected chi connectivity index (χ1v) is 7.67. The van der Waals surface area contributed by atoms with Gasteiger partial charge in [-0.2, -0.15) is 0 Å². The van der Waals surface area contributed by atoms with Crippen LogP contribution < -0.4 is 5.32 Å². The van der Waals surface area contributed by atoms with Gasteiger partial charge in [-0.1, -0.05) is 29.8 Å². The number of fused-ring (bicyclic) bond motifs is 2. The molecule has 0 saturated heterocycles. The second-order valence-electron chi connectivity index (χ2n) is 4.39. The minimum atomic E-state index is 0.531. The van der Waals surface area contributed by atoms with Crippen molar-refractivity contribution in [2.24, 2.45) is 0 Å². The average Bonchev–Trinajstić information content (AvgIpc) is 2.47. The van der Waals surface area contributed by atoms with Crippen molar-refractivity contribution < 1.29 is 4.79 Å². The van der Waals surface area contributed by atoms with Crippen LogP contribution in [0.2, 0.25) is 5.15 Å². The minimum absolute atomic E-state index is 0.531. The van der Waals surface area contributed by atoms with Gasteiger partial charge in [-0.05, 0) is 35.9 Å². The van der Waals surface area contributed by atoms with Crippen molar-refractivity contribution in [3.05, 3.63) is 46.1 Å². The number of benzene rings is 1. The molecule has 5 heteroatoms. The third-order valence-electron chi connectivity index (χ3n) is 3.21. The van der Waals surface area contributed by atoms with Crippen LogP contribution in [0.25, 0.3) is 0 Å². The number of aryl methyl sites for hydroxylation is 1. The topological polar surface area (TPSA) is 42.0 Å². The highest BCUT2D eigenvalue weighted by molar-refractivity contribution is 7.98. The zero-order valence-electron chi connectivity index (χ0n) is 11.4. The van der Waals surface area contributed by atoms with Crippen molar-refractivity contribution in [3.8, 4) is 0 Å². The summed E-state index contributed by atoms with van der Waals surface area (Å²) in [7, 11) is 0. The number of hydrogen-bond donors (Lipinski definition) is 1. The lowest BCUT2D eigenvalue weighted by Crippen LogP contribution is -2.10. The van der Waals surface area contributed by atoms with Crippen LogP contribution in [0.1, 0.15) is 16.7 Å². The third-order valence-corrected chi connectivity index (χ3v) is 4.36. The van der Waals surface area contributed by atoms with Crippen molar-refractivity contribution in [2.75, 3.05) is 11.6 Å². The first-order chi connectivity index (χ1) is 9.69. The van der Waals surface area contributed by atoms with Gasteiger partial charge in [-0.15, -0.1) is 11.8 Å². The highest BCUT2D eigenvalue weighted by atomic mass is 35.5. The molecule has 1 N–H and O–H groups in total. The molecular formula is C15H15ClN2OS. The van der Waals surface area contributed by atoms with E-state index in [-0.39, 0.29) is 0 Å². The lowest BCUT2D eigenvalue weighted by atomic mass is 9.98. The quantitative estimate of drug-likeness (QED) is 0.539. The molecule has 104 valence electrons. The van der Waals surface area contributed by atoms with Gasteiger partial charge < -0.3 is 10.1 Å². The van der Waals surface area contributed by atoms with Crippen molar-refractivity contribution in [2.45, 2.75) is 18.2 Å². The van der Waals surface area contributed by atoms with E-state index < -0.39 is 0 Å². The summed E-state index contributed by atoms with van der Waals surface area (Å²) in [5.41, 5.74) is 4.99. The molecule has 3 nitrogen and oxygen atoms in total. The molecule has 1 aliphatic heterocycles. The van der Waals surface area contributed by atoms with Crippen LogP contribution in [0, 0.1) is 6.92 Å². The lowest BCUT2D eigenvalue weighted by Gasteiger charge is -2.23. The van der Waals surface area contributed by atoms with Gasteiger partial charge in [0.25, 0.3) is 0 Å². The largest absolute Gasteiger partial charge is 0.339 e. The van der Waals surface area contributed by atoms with E-state index in [1.165, 1.54) is 27.3 Å². The summed E-state index contributed by atoms with van der Waals surface area (Å²) in [5.74, 6) is 0.885. The Bertz CT molecular complexity index is 646. The molecule has 0 atom stereocenters. The summed E-state index contributed by atoms with van der Waals surface area (Å²) < 4.78 is 0. The number of carbonyl (C=O) groups excluding carboxylic acids is 1. The SMILES string of the molecule is C=O.CSc1c(C)ccc2c1Nc1nc(Cl)ccc1C2. The highest BCUT2D eigenvalue weighted by Gasteiger charge is 2.19. The summed E-state index contributed by atoms with van der Waals surface area (Å²) >= 11 is 7.72. The first-order valence-electron chi connectivity index (χ1n) is 6.07. The predicted octanol–water partition coefficient (Wildman–Crippen LogP) is 4.23. The maximum atomic E-state index is 8.00. The molecule has 0 saturated carbocycles. The van der Waals surface area contributed by atoms with Crippen molar-refractivity contribution in [1.29, 1.82) is 0 Å². The van der Waals surface area contributed by atoms with Gasteiger partial charge in [-0.3, -0.25) is 0 Å². The smallest absolute Gasteiger partial charge is 0.135 e. The molecule has 0 spiro atoms. The van der Waals surface area contributed by atoms with E-state index in [2.05, 4.69) is 35.6 Å². The second-order valence-corrected chi connectivity index (χ2v) is 5.60. The van der Waals surface area contributed by atoms with E-state index in [1.807, 2.05) is 18.9 Å². The number of pyridine rings is 1. The van der Waals surface area contributed by atoms with Crippen molar-refractivity contribution in [3.63, 3.8) is 0 Å². The molecule has 1 aliphatic rings. The summed E-state index contributed by atoms with van der Waals surface area (Å²) in [5, 5.41) is 3.96. The van der Waals surface area contributed by atoms with Gasteiger partial charge in [0.1, 0.15) is 17.8 Å². The third kappa shape index (κ3) is 2.67. The Kier molecular flexibility index (Phi) is 4.68. The summed E-state index contributed by atoms with van der Waals surface area (Å²) in [4.78, 5) is 13.7. The van der Waals surface area contributed by atoms with E-state index in [0.717, 1.165) is 12.2 Å². The van der Waals surface area contributed by atoms with E-state index >= 15 is 0 Å². The van der Waals surface area contributed by atoms with Gasteiger partial charge in [-0.25, -0.2) is 4.98 Å². The standard InChI is InChI=1S/C14H13ClN2S.CH2O/c1-8-3-4-9-7-10-5-6-11(15)16-14(10)17-12(9)13(8)18-2;1-2/h3-6H,7H2,1-2H3,(H,16,17);1H2. The minimum Gasteiger partial charge on any atom is -0.339 e. The fourth-order valence-corrected chi connectivity index (χ4v) is 3.24. The Morgan fingerprint density at radius 3 is 2.65 bits per heavy atom. The van der Waals surface area contributed by atoms with Crippen LogP contribution in [-0.4, -0.2) is 18.0 Å². The van der Waals surface area contributed by atoms with Crippen LogP contribution in [0.5, 0.6) is 0 Å². The van der Waals surface area contributed by atoms with Crippen molar-refractivity contribution >= 4 is 41.7 Å². The second kappa shape index (κ2) is 6.29.